The van der Waals surface area contributed by atoms with Crippen molar-refractivity contribution in [2.45, 2.75) is 6.18 Å². The monoisotopic (exact) mass is 603 g/mol. The number of fused-ring (bicyclic) bond motifs is 6. The molecule has 0 atom stereocenters. The van der Waals surface area contributed by atoms with Crippen LogP contribution in [0.5, 0.6) is 0 Å². The van der Waals surface area contributed by atoms with Crippen molar-refractivity contribution in [1.82, 2.24) is 14.1 Å². The fourth-order valence-corrected chi connectivity index (χ4v) is 6.52. The Bertz CT molecular complexity index is 2610. The summed E-state index contributed by atoms with van der Waals surface area (Å²) in [4.78, 5) is 4.42. The highest BCUT2D eigenvalue weighted by molar-refractivity contribution is 6.11. The molecule has 0 N–H and O–H groups in total. The number of aromatic nitrogens is 3. The zero-order valence-electron chi connectivity index (χ0n) is 23.9. The molecular weight excluding hydrogens is 583 g/mol. The lowest BCUT2D eigenvalue weighted by Crippen LogP contribution is -2.08. The minimum absolute atomic E-state index is 0.360. The van der Waals surface area contributed by atoms with Crippen LogP contribution in [-0.2, 0) is 6.18 Å². The topological polar surface area (TPSA) is 70.3 Å². The fourth-order valence-electron chi connectivity index (χ4n) is 6.52. The number of nitriles is 2. The van der Waals surface area contributed by atoms with Crippen LogP contribution in [0, 0.1) is 22.7 Å². The van der Waals surface area contributed by atoms with E-state index in [0.717, 1.165) is 49.7 Å². The number of halogens is 3. The van der Waals surface area contributed by atoms with Crippen LogP contribution in [0.1, 0.15) is 16.7 Å². The summed E-state index contributed by atoms with van der Waals surface area (Å²) in [6, 6.07) is 36.1. The Labute approximate surface area is 260 Å². The lowest BCUT2D eigenvalue weighted by Gasteiger charge is -2.20. The second-order valence-electron chi connectivity index (χ2n) is 11.0. The Morgan fingerprint density at radius 2 is 1.09 bits per heavy atom. The van der Waals surface area contributed by atoms with Crippen molar-refractivity contribution in [1.29, 1.82) is 10.5 Å². The van der Waals surface area contributed by atoms with Crippen molar-refractivity contribution >= 4 is 43.6 Å². The minimum Gasteiger partial charge on any atom is -0.309 e. The van der Waals surface area contributed by atoms with E-state index in [9.17, 15) is 23.7 Å². The minimum atomic E-state index is -4.58. The van der Waals surface area contributed by atoms with Crippen LogP contribution >= 0.6 is 0 Å². The molecule has 46 heavy (non-hydrogen) atoms. The van der Waals surface area contributed by atoms with Crippen LogP contribution in [0.4, 0.5) is 13.2 Å². The Hall–Kier alpha value is -6.38. The van der Waals surface area contributed by atoms with Crippen molar-refractivity contribution in [2.75, 3.05) is 0 Å². The molecule has 0 bridgehead atoms. The number of benzene rings is 5. The molecule has 8 aromatic rings. The SMILES string of the molecule is N#Cc1ccc2c(c1)c1ccccc1n2-c1ccc(C(F)(F)F)cc1-c1ccncc1-n1c2ccccc2c2cc(C#N)ccc21. The maximum absolute atomic E-state index is 14.3. The van der Waals surface area contributed by atoms with Gasteiger partial charge in [-0.1, -0.05) is 36.4 Å². The summed E-state index contributed by atoms with van der Waals surface area (Å²) >= 11 is 0. The third-order valence-electron chi connectivity index (χ3n) is 8.50. The first-order valence-electron chi connectivity index (χ1n) is 14.4. The average Bonchev–Trinajstić information content (AvgIpc) is 3.59. The number of para-hydroxylation sites is 2. The highest BCUT2D eigenvalue weighted by Gasteiger charge is 2.32. The molecule has 0 fully saturated rings. The number of rotatable bonds is 3. The number of hydrogen-bond donors (Lipinski definition) is 0. The van der Waals surface area contributed by atoms with Crippen LogP contribution in [0.15, 0.2) is 122 Å². The normalized spacial score (nSPS) is 11.8. The van der Waals surface area contributed by atoms with Crippen LogP contribution < -0.4 is 0 Å². The second-order valence-corrected chi connectivity index (χ2v) is 11.0. The van der Waals surface area contributed by atoms with Gasteiger partial charge in [-0.3, -0.25) is 4.98 Å². The zero-order chi connectivity index (χ0) is 31.6. The van der Waals surface area contributed by atoms with Crippen molar-refractivity contribution in [2.24, 2.45) is 0 Å². The van der Waals surface area contributed by atoms with Crippen molar-refractivity contribution < 1.29 is 13.2 Å². The van der Waals surface area contributed by atoms with Gasteiger partial charge in [-0.25, -0.2) is 0 Å². The molecule has 8 rings (SSSR count). The van der Waals surface area contributed by atoms with E-state index in [1.165, 1.54) is 12.1 Å². The standard InChI is InChI=1S/C38H20F3N5/c39-38(40,41)25-11-14-36(45-32-7-3-1-5-26(32)29-17-23(20-42)9-12-34(29)45)31(19-25)28-15-16-44-22-37(28)46-33-8-4-2-6-27(33)30-18-24(21-43)10-13-35(30)46/h1-19,22H. The third-order valence-corrected chi connectivity index (χ3v) is 8.50. The molecule has 0 radical (unpaired) electrons. The van der Waals surface area contributed by atoms with Gasteiger partial charge in [0, 0.05) is 38.9 Å². The highest BCUT2D eigenvalue weighted by Crippen LogP contribution is 2.42. The predicted molar refractivity (Wildman–Crippen MR) is 173 cm³/mol. The molecule has 0 saturated carbocycles. The fraction of sp³-hybridized carbons (Fsp3) is 0.0263. The quantitative estimate of drug-likeness (QED) is 0.202. The zero-order valence-corrected chi connectivity index (χ0v) is 23.9. The Kier molecular flexibility index (Phi) is 5.96. The smallest absolute Gasteiger partial charge is 0.309 e. The van der Waals surface area contributed by atoms with Gasteiger partial charge in [0.05, 0.1) is 68.5 Å². The van der Waals surface area contributed by atoms with Gasteiger partial charge in [-0.05, 0) is 72.8 Å². The van der Waals surface area contributed by atoms with E-state index in [0.29, 0.717) is 33.6 Å². The van der Waals surface area contributed by atoms with E-state index >= 15 is 0 Å². The number of hydrogen-bond acceptors (Lipinski definition) is 3. The van der Waals surface area contributed by atoms with E-state index < -0.39 is 11.7 Å². The van der Waals surface area contributed by atoms with Crippen molar-refractivity contribution in [3.63, 3.8) is 0 Å². The number of alkyl halides is 3. The van der Waals surface area contributed by atoms with E-state index in [4.69, 9.17) is 0 Å². The molecule has 0 aliphatic rings. The van der Waals surface area contributed by atoms with E-state index in [-0.39, 0.29) is 0 Å². The highest BCUT2D eigenvalue weighted by atomic mass is 19.4. The van der Waals surface area contributed by atoms with Gasteiger partial charge in [0.1, 0.15) is 0 Å². The maximum atomic E-state index is 14.3. The largest absolute Gasteiger partial charge is 0.416 e. The average molecular weight is 604 g/mol. The van der Waals surface area contributed by atoms with Crippen LogP contribution in [0.25, 0.3) is 66.1 Å². The summed E-state index contributed by atoms with van der Waals surface area (Å²) in [6.07, 6.45) is -1.34. The molecule has 5 aromatic carbocycles. The summed E-state index contributed by atoms with van der Waals surface area (Å²) in [5, 5.41) is 22.7. The number of pyridine rings is 1. The molecule has 0 aliphatic heterocycles. The molecule has 0 unspecified atom stereocenters. The Morgan fingerprint density at radius 1 is 0.543 bits per heavy atom. The van der Waals surface area contributed by atoms with Gasteiger partial charge in [0.15, 0.2) is 0 Å². The van der Waals surface area contributed by atoms with Gasteiger partial charge in [-0.15, -0.1) is 0 Å². The Balaban J connectivity index is 1.49. The van der Waals surface area contributed by atoms with Crippen molar-refractivity contribution in [3.05, 3.63) is 138 Å². The first kappa shape index (κ1) is 27.2. The summed E-state index contributed by atoms with van der Waals surface area (Å²) < 4.78 is 46.9. The van der Waals surface area contributed by atoms with Gasteiger partial charge in [-0.2, -0.15) is 23.7 Å². The molecule has 5 nitrogen and oxygen atoms in total. The molecule has 0 aliphatic carbocycles. The predicted octanol–water partition coefficient (Wildman–Crippen LogP) is 9.70. The molecule has 0 amide bonds. The third kappa shape index (κ3) is 4.05. The first-order valence-corrected chi connectivity index (χ1v) is 14.4. The summed E-state index contributed by atoms with van der Waals surface area (Å²) in [5.41, 5.74) is 5.44. The van der Waals surface area contributed by atoms with E-state index in [1.807, 2.05) is 81.9 Å². The van der Waals surface area contributed by atoms with Gasteiger partial charge in [0.25, 0.3) is 0 Å². The Morgan fingerprint density at radius 3 is 1.65 bits per heavy atom. The molecule has 8 heteroatoms. The molecule has 0 spiro atoms. The summed E-state index contributed by atoms with van der Waals surface area (Å²) in [7, 11) is 0. The summed E-state index contributed by atoms with van der Waals surface area (Å²) in [5.74, 6) is 0. The van der Waals surface area contributed by atoms with E-state index in [2.05, 4.69) is 17.1 Å². The van der Waals surface area contributed by atoms with Crippen molar-refractivity contribution in [3.8, 4) is 34.6 Å². The second kappa shape index (κ2) is 10.1. The lowest BCUT2D eigenvalue weighted by atomic mass is 9.99. The lowest BCUT2D eigenvalue weighted by molar-refractivity contribution is -0.137. The first-order chi connectivity index (χ1) is 22.4. The van der Waals surface area contributed by atoms with Crippen LogP contribution in [0.3, 0.4) is 0 Å². The van der Waals surface area contributed by atoms with Crippen LogP contribution in [0.2, 0.25) is 0 Å². The molecular formula is C38H20F3N5. The van der Waals surface area contributed by atoms with E-state index in [1.54, 1.807) is 30.6 Å². The van der Waals surface area contributed by atoms with Gasteiger partial charge >= 0.3 is 6.18 Å². The van der Waals surface area contributed by atoms with Gasteiger partial charge in [0.2, 0.25) is 0 Å². The molecule has 3 heterocycles. The number of nitrogens with zero attached hydrogens (tertiary/aromatic N) is 5. The van der Waals surface area contributed by atoms with Crippen LogP contribution in [-0.4, -0.2) is 14.1 Å². The maximum Gasteiger partial charge on any atom is 0.416 e. The molecule has 218 valence electrons. The van der Waals surface area contributed by atoms with Gasteiger partial charge < -0.3 is 9.13 Å². The molecule has 3 aromatic heterocycles. The molecule has 0 saturated heterocycles. The summed E-state index contributed by atoms with van der Waals surface area (Å²) in [6.45, 7) is 0.